The lowest BCUT2D eigenvalue weighted by Crippen LogP contribution is -2.33. The molecule has 3 aliphatic rings. The first kappa shape index (κ1) is 7.37. The summed E-state index contributed by atoms with van der Waals surface area (Å²) in [4.78, 5) is 11.5. The molecule has 0 radical (unpaired) electrons. The van der Waals surface area contributed by atoms with Gasteiger partial charge in [-0.15, -0.1) is 0 Å². The molecule has 68 valence electrons. The van der Waals surface area contributed by atoms with Gasteiger partial charge in [0.2, 0.25) is 0 Å². The molecular weight excluding hydrogens is 166 g/mol. The first-order valence-corrected chi connectivity index (χ1v) is 4.81. The van der Waals surface area contributed by atoms with Gasteiger partial charge in [0.25, 0.3) is 0 Å². The van der Waals surface area contributed by atoms with Gasteiger partial charge in [-0.1, -0.05) is 6.92 Å². The predicted molar refractivity (Wildman–Crippen MR) is 43.3 cm³/mol. The third-order valence-corrected chi connectivity index (χ3v) is 4.24. The van der Waals surface area contributed by atoms with Crippen LogP contribution >= 0.6 is 0 Å². The zero-order chi connectivity index (χ0) is 9.22. The van der Waals surface area contributed by atoms with Gasteiger partial charge in [0.15, 0.2) is 5.41 Å². The number of nitriles is 1. The molecule has 2 bridgehead atoms. The van der Waals surface area contributed by atoms with E-state index < -0.39 is 5.41 Å². The normalized spacial score (nSPS) is 56.5. The molecule has 1 heterocycles. The van der Waals surface area contributed by atoms with Crippen molar-refractivity contribution in [2.75, 3.05) is 0 Å². The summed E-state index contributed by atoms with van der Waals surface area (Å²) in [6, 6.07) is 2.20. The molecule has 5 atom stereocenters. The molecule has 0 aromatic rings. The Balaban J connectivity index is 2.12. The number of carbonyl (C=O) groups excluding carboxylic acids is 1. The fourth-order valence-corrected chi connectivity index (χ4v) is 3.45. The van der Waals surface area contributed by atoms with Gasteiger partial charge in [-0.05, 0) is 24.7 Å². The lowest BCUT2D eigenvalue weighted by Gasteiger charge is -2.24. The summed E-state index contributed by atoms with van der Waals surface area (Å²) in [5.74, 6) is 0.959. The molecule has 2 aliphatic carbocycles. The number of nitrogens with zero attached hydrogens (tertiary/aromatic N) is 1. The minimum Gasteiger partial charge on any atom is -0.461 e. The van der Waals surface area contributed by atoms with Crippen molar-refractivity contribution in [1.82, 2.24) is 0 Å². The van der Waals surface area contributed by atoms with Crippen molar-refractivity contribution in [3.8, 4) is 6.07 Å². The summed E-state index contributed by atoms with van der Waals surface area (Å²) < 4.78 is 5.28. The maximum absolute atomic E-state index is 11.5. The van der Waals surface area contributed by atoms with E-state index in [1.54, 1.807) is 0 Å². The summed E-state index contributed by atoms with van der Waals surface area (Å²) in [7, 11) is 0. The Morgan fingerprint density at radius 3 is 3.08 bits per heavy atom. The summed E-state index contributed by atoms with van der Waals surface area (Å²) in [5.41, 5.74) is -0.748. The van der Waals surface area contributed by atoms with Crippen LogP contribution in [-0.2, 0) is 9.53 Å². The van der Waals surface area contributed by atoms with Crippen molar-refractivity contribution in [2.45, 2.75) is 25.9 Å². The number of hydrogen-bond donors (Lipinski definition) is 0. The molecule has 1 aliphatic heterocycles. The summed E-state index contributed by atoms with van der Waals surface area (Å²) in [6.45, 7) is 2.13. The fraction of sp³-hybridized carbons (Fsp3) is 0.800. The zero-order valence-corrected chi connectivity index (χ0v) is 7.49. The van der Waals surface area contributed by atoms with Crippen molar-refractivity contribution in [1.29, 1.82) is 5.26 Å². The third-order valence-electron chi connectivity index (χ3n) is 4.24. The standard InChI is InChI=1S/C10H11NO2/c1-5-6-2-7-8(5)13-9(12)10(7,3-6)4-11/h5-8H,2-3H2,1H3/t5-,6?,7?,8?,10?/m1/s1. The molecule has 13 heavy (non-hydrogen) atoms. The van der Waals surface area contributed by atoms with E-state index in [9.17, 15) is 4.79 Å². The van der Waals surface area contributed by atoms with E-state index in [1.165, 1.54) is 0 Å². The van der Waals surface area contributed by atoms with Crippen molar-refractivity contribution >= 4 is 5.97 Å². The quantitative estimate of drug-likeness (QED) is 0.520. The van der Waals surface area contributed by atoms with E-state index >= 15 is 0 Å². The first-order chi connectivity index (χ1) is 6.19. The molecule has 0 spiro atoms. The van der Waals surface area contributed by atoms with Gasteiger partial charge >= 0.3 is 5.97 Å². The van der Waals surface area contributed by atoms with Gasteiger partial charge in [-0.2, -0.15) is 5.26 Å². The molecule has 3 rings (SSSR count). The van der Waals surface area contributed by atoms with E-state index in [-0.39, 0.29) is 18.0 Å². The van der Waals surface area contributed by atoms with Crippen molar-refractivity contribution in [2.24, 2.45) is 23.2 Å². The summed E-state index contributed by atoms with van der Waals surface area (Å²) >= 11 is 0. The number of esters is 1. The Bertz CT molecular complexity index is 332. The zero-order valence-electron chi connectivity index (χ0n) is 7.49. The monoisotopic (exact) mass is 177 g/mol. The average molecular weight is 177 g/mol. The van der Waals surface area contributed by atoms with Crippen LogP contribution in [0.15, 0.2) is 0 Å². The molecule has 3 fully saturated rings. The second kappa shape index (κ2) is 1.89. The van der Waals surface area contributed by atoms with E-state index in [0.717, 1.165) is 12.8 Å². The number of ether oxygens (including phenoxy) is 1. The highest BCUT2D eigenvalue weighted by Crippen LogP contribution is 2.63. The maximum Gasteiger partial charge on any atom is 0.327 e. The molecule has 1 saturated heterocycles. The smallest absolute Gasteiger partial charge is 0.327 e. The number of rotatable bonds is 0. The van der Waals surface area contributed by atoms with Gasteiger partial charge < -0.3 is 4.74 Å². The molecular formula is C10H11NO2. The second-order valence-corrected chi connectivity index (χ2v) is 4.62. The molecule has 0 amide bonds. The Morgan fingerprint density at radius 2 is 2.46 bits per heavy atom. The SMILES string of the molecule is C[C@@H]1C2CC3C1OC(=O)C3(C#N)C2. The van der Waals surface area contributed by atoms with Crippen LogP contribution in [-0.4, -0.2) is 12.1 Å². The first-order valence-electron chi connectivity index (χ1n) is 4.81. The average Bonchev–Trinajstić information content (AvgIpc) is 2.68. The Hall–Kier alpha value is -1.04. The molecule has 2 saturated carbocycles. The molecule has 3 heteroatoms. The lowest BCUT2D eigenvalue weighted by atomic mass is 9.72. The van der Waals surface area contributed by atoms with Gasteiger partial charge in [0, 0.05) is 5.92 Å². The van der Waals surface area contributed by atoms with E-state index in [4.69, 9.17) is 10.00 Å². The van der Waals surface area contributed by atoms with Crippen LogP contribution in [0.3, 0.4) is 0 Å². The number of hydrogen-bond acceptors (Lipinski definition) is 3. The van der Waals surface area contributed by atoms with Gasteiger partial charge in [-0.25, -0.2) is 0 Å². The molecule has 0 aromatic heterocycles. The van der Waals surface area contributed by atoms with Crippen LogP contribution in [0.5, 0.6) is 0 Å². The van der Waals surface area contributed by atoms with Gasteiger partial charge in [0.05, 0.1) is 6.07 Å². The maximum atomic E-state index is 11.5. The highest BCUT2D eigenvalue weighted by Gasteiger charge is 2.69. The van der Waals surface area contributed by atoms with Crippen molar-refractivity contribution < 1.29 is 9.53 Å². The van der Waals surface area contributed by atoms with Crippen LogP contribution in [0.1, 0.15) is 19.8 Å². The Morgan fingerprint density at radius 1 is 1.69 bits per heavy atom. The molecule has 0 N–H and O–H groups in total. The van der Waals surface area contributed by atoms with Gasteiger partial charge in [0.1, 0.15) is 6.10 Å². The van der Waals surface area contributed by atoms with Crippen molar-refractivity contribution in [3.05, 3.63) is 0 Å². The largest absolute Gasteiger partial charge is 0.461 e. The Kier molecular flexibility index (Phi) is 1.07. The molecule has 4 unspecified atom stereocenters. The van der Waals surface area contributed by atoms with E-state index in [0.29, 0.717) is 11.8 Å². The number of carbonyl (C=O) groups is 1. The lowest BCUT2D eigenvalue weighted by molar-refractivity contribution is -0.146. The van der Waals surface area contributed by atoms with E-state index in [1.807, 2.05) is 0 Å². The van der Waals surface area contributed by atoms with Crippen LogP contribution in [0, 0.1) is 34.5 Å². The van der Waals surface area contributed by atoms with Crippen LogP contribution in [0.4, 0.5) is 0 Å². The number of fused-ring (bicyclic) bond motifs is 1. The Labute approximate surface area is 76.7 Å². The topological polar surface area (TPSA) is 50.1 Å². The third kappa shape index (κ3) is 0.580. The predicted octanol–water partition coefficient (Wildman–Crippen LogP) is 1.10. The van der Waals surface area contributed by atoms with Crippen molar-refractivity contribution in [3.63, 3.8) is 0 Å². The van der Waals surface area contributed by atoms with Crippen LogP contribution in [0.25, 0.3) is 0 Å². The molecule has 0 aromatic carbocycles. The summed E-state index contributed by atoms with van der Waals surface area (Å²) in [6.07, 6.45) is 1.81. The second-order valence-electron chi connectivity index (χ2n) is 4.62. The fourth-order valence-electron chi connectivity index (χ4n) is 3.45. The van der Waals surface area contributed by atoms with Crippen LogP contribution in [0.2, 0.25) is 0 Å². The van der Waals surface area contributed by atoms with Crippen LogP contribution < -0.4 is 0 Å². The highest BCUT2D eigenvalue weighted by atomic mass is 16.6. The van der Waals surface area contributed by atoms with Gasteiger partial charge in [-0.3, -0.25) is 4.79 Å². The molecule has 3 nitrogen and oxygen atoms in total. The van der Waals surface area contributed by atoms with E-state index in [2.05, 4.69) is 13.0 Å². The minimum absolute atomic E-state index is 0.0471. The highest BCUT2D eigenvalue weighted by molar-refractivity contribution is 5.84. The summed E-state index contributed by atoms with van der Waals surface area (Å²) in [5, 5.41) is 9.07. The minimum atomic E-state index is -0.748.